The Morgan fingerprint density at radius 3 is 2.56 bits per heavy atom. The molecule has 0 aromatic heterocycles. The fourth-order valence-corrected chi connectivity index (χ4v) is 1.79. The monoisotopic (exact) mass is 255 g/mol. The van der Waals surface area contributed by atoms with Gasteiger partial charge in [-0.1, -0.05) is 6.92 Å². The maximum Gasteiger partial charge on any atom is 0.246 e. The molecule has 1 rings (SSSR count). The molecule has 6 nitrogen and oxygen atoms in total. The molecule has 0 spiro atoms. The van der Waals surface area contributed by atoms with Gasteiger partial charge in [0.25, 0.3) is 0 Å². The van der Waals surface area contributed by atoms with Gasteiger partial charge in [0, 0.05) is 5.54 Å². The van der Waals surface area contributed by atoms with Crippen LogP contribution in [0.15, 0.2) is 0 Å². The molecule has 0 bridgehead atoms. The molecule has 1 fully saturated rings. The van der Waals surface area contributed by atoms with E-state index in [-0.39, 0.29) is 42.4 Å². The first kappa shape index (κ1) is 14.6. The van der Waals surface area contributed by atoms with Crippen molar-refractivity contribution in [3.8, 4) is 0 Å². The van der Waals surface area contributed by atoms with E-state index in [1.165, 1.54) is 0 Å². The summed E-state index contributed by atoms with van der Waals surface area (Å²) in [5, 5.41) is 5.58. The lowest BCUT2D eigenvalue weighted by molar-refractivity contribution is -0.152. The second-order valence-electron chi connectivity index (χ2n) is 5.46. The Kier molecular flexibility index (Phi) is 4.45. The molecule has 6 heteroatoms. The van der Waals surface area contributed by atoms with Crippen LogP contribution in [0.2, 0.25) is 0 Å². The van der Waals surface area contributed by atoms with Crippen LogP contribution in [0.25, 0.3) is 0 Å². The third-order valence-electron chi connectivity index (χ3n) is 2.59. The van der Waals surface area contributed by atoms with E-state index in [0.29, 0.717) is 6.42 Å². The number of hydrogen-bond donors (Lipinski definition) is 2. The summed E-state index contributed by atoms with van der Waals surface area (Å²) in [6, 6.07) is -0.370. The zero-order valence-corrected chi connectivity index (χ0v) is 11.4. The fourth-order valence-electron chi connectivity index (χ4n) is 1.79. The second-order valence-corrected chi connectivity index (χ2v) is 5.46. The molecule has 102 valence electrons. The van der Waals surface area contributed by atoms with E-state index in [4.69, 9.17) is 0 Å². The minimum atomic E-state index is -0.374. The molecule has 0 radical (unpaired) electrons. The zero-order valence-electron chi connectivity index (χ0n) is 11.4. The van der Waals surface area contributed by atoms with Crippen LogP contribution in [-0.4, -0.2) is 47.3 Å². The number of nitrogens with zero attached hydrogens (tertiary/aromatic N) is 1. The highest BCUT2D eigenvalue weighted by molar-refractivity contribution is 6.03. The third-order valence-corrected chi connectivity index (χ3v) is 2.59. The summed E-state index contributed by atoms with van der Waals surface area (Å²) >= 11 is 0. The number of nitrogens with one attached hydrogen (secondary N) is 2. The summed E-state index contributed by atoms with van der Waals surface area (Å²) in [5.74, 6) is -0.993. The summed E-state index contributed by atoms with van der Waals surface area (Å²) in [6.45, 7) is 7.31. The molecule has 0 saturated carbocycles. The van der Waals surface area contributed by atoms with Gasteiger partial charge in [-0.05, 0) is 27.2 Å². The highest BCUT2D eigenvalue weighted by atomic mass is 16.2. The van der Waals surface area contributed by atoms with Gasteiger partial charge in [0.1, 0.15) is 6.54 Å². The smallest absolute Gasteiger partial charge is 0.246 e. The molecule has 1 atom stereocenters. The predicted octanol–water partition coefficient (Wildman–Crippen LogP) is -0.362. The Morgan fingerprint density at radius 2 is 2.06 bits per heavy atom. The lowest BCUT2D eigenvalue weighted by atomic mass is 10.1. The number of carbonyl (C=O) groups excluding carboxylic acids is 3. The predicted molar refractivity (Wildman–Crippen MR) is 66.7 cm³/mol. The van der Waals surface area contributed by atoms with E-state index in [1.807, 2.05) is 27.7 Å². The average molecular weight is 255 g/mol. The quantitative estimate of drug-likeness (QED) is 0.675. The number of piperazine rings is 1. The lowest BCUT2D eigenvalue weighted by Gasteiger charge is -2.31. The Balaban J connectivity index is 2.66. The fraction of sp³-hybridized carbons (Fsp3) is 0.750. The Bertz CT molecular complexity index is 360. The number of rotatable bonds is 3. The Hall–Kier alpha value is -1.43. The highest BCUT2D eigenvalue weighted by Gasteiger charge is 2.34. The van der Waals surface area contributed by atoms with Gasteiger partial charge in [-0.2, -0.15) is 0 Å². The van der Waals surface area contributed by atoms with Crippen LogP contribution >= 0.6 is 0 Å². The number of carbonyl (C=O) groups is 3. The molecule has 1 aliphatic rings. The van der Waals surface area contributed by atoms with E-state index in [0.717, 1.165) is 4.90 Å². The van der Waals surface area contributed by atoms with Crippen LogP contribution in [0, 0.1) is 0 Å². The molecule has 1 aliphatic heterocycles. The van der Waals surface area contributed by atoms with Crippen LogP contribution in [0.3, 0.4) is 0 Å². The van der Waals surface area contributed by atoms with Crippen LogP contribution in [-0.2, 0) is 14.4 Å². The maximum atomic E-state index is 11.9. The van der Waals surface area contributed by atoms with E-state index < -0.39 is 0 Å². The van der Waals surface area contributed by atoms with E-state index >= 15 is 0 Å². The van der Waals surface area contributed by atoms with Gasteiger partial charge in [0.05, 0.1) is 12.6 Å². The molecule has 1 saturated heterocycles. The van der Waals surface area contributed by atoms with Crippen molar-refractivity contribution in [2.24, 2.45) is 0 Å². The molecular weight excluding hydrogens is 234 g/mol. The van der Waals surface area contributed by atoms with Gasteiger partial charge in [-0.3, -0.25) is 24.6 Å². The van der Waals surface area contributed by atoms with E-state index in [1.54, 1.807) is 0 Å². The van der Waals surface area contributed by atoms with Crippen LogP contribution in [0.1, 0.15) is 34.1 Å². The van der Waals surface area contributed by atoms with E-state index in [2.05, 4.69) is 10.6 Å². The molecule has 1 unspecified atom stereocenters. The van der Waals surface area contributed by atoms with Crippen molar-refractivity contribution in [1.29, 1.82) is 0 Å². The first-order valence-electron chi connectivity index (χ1n) is 6.13. The van der Waals surface area contributed by atoms with Crippen molar-refractivity contribution in [2.75, 3.05) is 13.1 Å². The minimum Gasteiger partial charge on any atom is -0.350 e. The zero-order chi connectivity index (χ0) is 13.9. The van der Waals surface area contributed by atoms with Crippen molar-refractivity contribution in [1.82, 2.24) is 15.5 Å². The average Bonchev–Trinajstić information content (AvgIpc) is 2.22. The van der Waals surface area contributed by atoms with Gasteiger partial charge in [-0.25, -0.2) is 0 Å². The van der Waals surface area contributed by atoms with Crippen molar-refractivity contribution in [2.45, 2.75) is 45.7 Å². The van der Waals surface area contributed by atoms with Gasteiger partial charge in [0.2, 0.25) is 17.7 Å². The minimum absolute atomic E-state index is 0.104. The SMILES string of the molecule is CCC1NCC(=O)N(CC(=O)NC(C)(C)C)C1=O. The molecule has 0 aromatic rings. The van der Waals surface area contributed by atoms with Crippen LogP contribution in [0.5, 0.6) is 0 Å². The Morgan fingerprint density at radius 1 is 1.44 bits per heavy atom. The van der Waals surface area contributed by atoms with Crippen LogP contribution in [0.4, 0.5) is 0 Å². The molecule has 3 amide bonds. The molecule has 0 aromatic carbocycles. The first-order chi connectivity index (χ1) is 8.24. The number of imide groups is 1. The largest absolute Gasteiger partial charge is 0.350 e. The van der Waals surface area contributed by atoms with Gasteiger partial charge in [0.15, 0.2) is 0 Å². The topological polar surface area (TPSA) is 78.5 Å². The maximum absolute atomic E-state index is 11.9. The summed E-state index contributed by atoms with van der Waals surface area (Å²) in [4.78, 5) is 36.3. The number of amides is 3. The summed E-state index contributed by atoms with van der Waals surface area (Å²) in [7, 11) is 0. The molecule has 0 aliphatic carbocycles. The lowest BCUT2D eigenvalue weighted by Crippen LogP contribution is -2.60. The molecule has 18 heavy (non-hydrogen) atoms. The van der Waals surface area contributed by atoms with Crippen molar-refractivity contribution >= 4 is 17.7 Å². The van der Waals surface area contributed by atoms with Crippen molar-refractivity contribution < 1.29 is 14.4 Å². The number of hydrogen-bond acceptors (Lipinski definition) is 4. The summed E-state index contributed by atoms with van der Waals surface area (Å²) in [5.41, 5.74) is -0.374. The molecule has 1 heterocycles. The van der Waals surface area contributed by atoms with Gasteiger partial charge >= 0.3 is 0 Å². The molecule has 2 N–H and O–H groups in total. The van der Waals surface area contributed by atoms with Gasteiger partial charge < -0.3 is 5.32 Å². The summed E-state index contributed by atoms with van der Waals surface area (Å²) in [6.07, 6.45) is 0.601. The standard InChI is InChI=1S/C12H21N3O3/c1-5-8-11(18)15(10(17)6-13-8)7-9(16)14-12(2,3)4/h8,13H,5-7H2,1-4H3,(H,14,16). The third kappa shape index (κ3) is 3.80. The van der Waals surface area contributed by atoms with E-state index in [9.17, 15) is 14.4 Å². The van der Waals surface area contributed by atoms with Gasteiger partial charge in [-0.15, -0.1) is 0 Å². The summed E-state index contributed by atoms with van der Waals surface area (Å²) < 4.78 is 0. The first-order valence-corrected chi connectivity index (χ1v) is 6.13. The normalized spacial score (nSPS) is 21.1. The second kappa shape index (κ2) is 5.48. The van der Waals surface area contributed by atoms with Crippen molar-refractivity contribution in [3.63, 3.8) is 0 Å². The van der Waals surface area contributed by atoms with Crippen LogP contribution < -0.4 is 10.6 Å². The Labute approximate surface area is 107 Å². The molecular formula is C12H21N3O3. The highest BCUT2D eigenvalue weighted by Crippen LogP contribution is 2.06. The van der Waals surface area contributed by atoms with Crippen molar-refractivity contribution in [3.05, 3.63) is 0 Å².